The molecule has 2 aliphatic rings. The van der Waals surface area contributed by atoms with Crippen LogP contribution >= 0.6 is 28.1 Å². The molecule has 0 unspecified atom stereocenters. The monoisotopic (exact) mass is 445 g/mol. The van der Waals surface area contributed by atoms with Crippen molar-refractivity contribution in [3.63, 3.8) is 0 Å². The predicted molar refractivity (Wildman–Crippen MR) is 111 cm³/mol. The zero-order valence-corrected chi connectivity index (χ0v) is 16.7. The van der Waals surface area contributed by atoms with Gasteiger partial charge >= 0.3 is 0 Å². The summed E-state index contributed by atoms with van der Waals surface area (Å²) in [6, 6.07) is 10.8. The lowest BCUT2D eigenvalue weighted by atomic mass is 10.1. The van der Waals surface area contributed by atoms with Gasteiger partial charge in [0, 0.05) is 23.6 Å². The topological polar surface area (TPSA) is 65.8 Å². The number of hydrogen-bond donors (Lipinski definition) is 1. The third-order valence-corrected chi connectivity index (χ3v) is 5.26. The molecule has 8 heteroatoms. The number of furan rings is 1. The molecule has 0 aliphatic carbocycles. The van der Waals surface area contributed by atoms with Crippen LogP contribution in [0.4, 0.5) is 11.6 Å². The number of carbonyl (C=O) groups is 2. The average Bonchev–Trinajstić information content (AvgIpc) is 3.30. The van der Waals surface area contributed by atoms with Crippen molar-refractivity contribution in [1.29, 1.82) is 0 Å². The Balaban J connectivity index is 1.65. The zero-order valence-electron chi connectivity index (χ0n) is 14.3. The lowest BCUT2D eigenvalue weighted by Gasteiger charge is -2.28. The highest BCUT2D eigenvalue weighted by atomic mass is 79.9. The van der Waals surface area contributed by atoms with E-state index >= 15 is 0 Å². The van der Waals surface area contributed by atoms with E-state index in [1.807, 2.05) is 12.1 Å². The van der Waals surface area contributed by atoms with Crippen molar-refractivity contribution in [2.45, 2.75) is 12.8 Å². The molecule has 27 heavy (non-hydrogen) atoms. The van der Waals surface area contributed by atoms with Crippen LogP contribution in [0.25, 0.3) is 6.08 Å². The second-order valence-corrected chi connectivity index (χ2v) is 7.61. The molecule has 2 aromatic rings. The van der Waals surface area contributed by atoms with Gasteiger partial charge in [-0.05, 0) is 55.4 Å². The lowest BCUT2D eigenvalue weighted by molar-refractivity contribution is -0.122. The molecule has 138 valence electrons. The predicted octanol–water partition coefficient (Wildman–Crippen LogP) is 3.47. The van der Waals surface area contributed by atoms with Gasteiger partial charge in [-0.2, -0.15) is 0 Å². The maximum absolute atomic E-state index is 13.0. The van der Waals surface area contributed by atoms with Gasteiger partial charge in [0.2, 0.25) is 0 Å². The molecule has 1 aromatic heterocycles. The molecule has 0 saturated carbocycles. The van der Waals surface area contributed by atoms with E-state index in [0.29, 0.717) is 11.4 Å². The zero-order chi connectivity index (χ0) is 19.0. The van der Waals surface area contributed by atoms with Crippen molar-refractivity contribution in [3.8, 4) is 0 Å². The number of thiocarbonyl (C=S) groups is 1. The smallest absolute Gasteiger partial charge is 0.270 e. The van der Waals surface area contributed by atoms with Gasteiger partial charge in [0.25, 0.3) is 11.8 Å². The molecule has 2 amide bonds. The van der Waals surface area contributed by atoms with Gasteiger partial charge in [0.05, 0.1) is 5.69 Å². The molecule has 2 saturated heterocycles. The molecule has 0 bridgehead atoms. The van der Waals surface area contributed by atoms with Crippen LogP contribution in [-0.4, -0.2) is 30.0 Å². The average molecular weight is 446 g/mol. The summed E-state index contributed by atoms with van der Waals surface area (Å²) in [5, 5.41) is 2.63. The Hall–Kier alpha value is -2.45. The number of nitrogens with zero attached hydrogens (tertiary/aromatic N) is 2. The first-order valence-corrected chi connectivity index (χ1v) is 9.75. The number of benzene rings is 1. The third kappa shape index (κ3) is 3.54. The van der Waals surface area contributed by atoms with Crippen LogP contribution < -0.4 is 15.1 Å². The van der Waals surface area contributed by atoms with E-state index in [2.05, 4.69) is 26.1 Å². The number of anilines is 2. The SMILES string of the molecule is O=C1NC(=S)N(c2cccc(Br)c2)C(=O)/C1=C/c1ccc(N2CCCC2)o1. The highest BCUT2D eigenvalue weighted by molar-refractivity contribution is 9.10. The van der Waals surface area contributed by atoms with Crippen molar-refractivity contribution < 1.29 is 14.0 Å². The van der Waals surface area contributed by atoms with Crippen LogP contribution in [0.2, 0.25) is 0 Å². The summed E-state index contributed by atoms with van der Waals surface area (Å²) >= 11 is 8.58. The number of hydrogen-bond acceptors (Lipinski definition) is 5. The van der Waals surface area contributed by atoms with Gasteiger partial charge < -0.3 is 9.32 Å². The molecule has 4 rings (SSSR count). The Morgan fingerprint density at radius 3 is 2.67 bits per heavy atom. The summed E-state index contributed by atoms with van der Waals surface area (Å²) in [6.45, 7) is 1.90. The molecule has 0 radical (unpaired) electrons. The van der Waals surface area contributed by atoms with Crippen LogP contribution in [0.1, 0.15) is 18.6 Å². The molecule has 2 fully saturated rings. The minimum absolute atomic E-state index is 0.0223. The minimum atomic E-state index is -0.532. The first kappa shape index (κ1) is 17.9. The Morgan fingerprint density at radius 1 is 1.15 bits per heavy atom. The minimum Gasteiger partial charge on any atom is -0.441 e. The van der Waals surface area contributed by atoms with E-state index in [4.69, 9.17) is 16.6 Å². The van der Waals surface area contributed by atoms with Crippen molar-refractivity contribution in [2.75, 3.05) is 22.9 Å². The largest absolute Gasteiger partial charge is 0.441 e. The molecule has 3 heterocycles. The second-order valence-electron chi connectivity index (χ2n) is 6.31. The van der Waals surface area contributed by atoms with Crippen LogP contribution in [0.5, 0.6) is 0 Å². The molecular formula is C19H16BrN3O3S. The fourth-order valence-corrected chi connectivity index (χ4v) is 3.84. The Bertz CT molecular complexity index is 963. The van der Waals surface area contributed by atoms with E-state index in [0.717, 1.165) is 36.3 Å². The third-order valence-electron chi connectivity index (χ3n) is 4.49. The fraction of sp³-hybridized carbons (Fsp3) is 0.211. The summed E-state index contributed by atoms with van der Waals surface area (Å²) in [5.41, 5.74) is 0.549. The standard InChI is InChI=1S/C19H16BrN3O3S/c20-12-4-3-5-13(10-12)23-18(25)15(17(24)21-19(23)27)11-14-6-7-16(26-14)22-8-1-2-9-22/h3-7,10-11H,1-2,8-9H2,(H,21,24,27)/b15-11+. The van der Waals surface area contributed by atoms with Crippen molar-refractivity contribution in [3.05, 3.63) is 52.2 Å². The van der Waals surface area contributed by atoms with Crippen molar-refractivity contribution in [1.82, 2.24) is 5.32 Å². The summed E-state index contributed by atoms with van der Waals surface area (Å²) in [6.07, 6.45) is 3.73. The van der Waals surface area contributed by atoms with Gasteiger partial charge in [-0.25, -0.2) is 0 Å². The Kier molecular flexibility index (Phi) is 4.84. The lowest BCUT2D eigenvalue weighted by Crippen LogP contribution is -2.54. The van der Waals surface area contributed by atoms with Crippen molar-refractivity contribution in [2.24, 2.45) is 0 Å². The summed E-state index contributed by atoms with van der Waals surface area (Å²) < 4.78 is 6.62. The van der Waals surface area contributed by atoms with Gasteiger partial charge in [-0.3, -0.25) is 19.8 Å². The van der Waals surface area contributed by atoms with Gasteiger partial charge in [0.1, 0.15) is 11.3 Å². The van der Waals surface area contributed by atoms with E-state index in [1.165, 1.54) is 11.0 Å². The summed E-state index contributed by atoms with van der Waals surface area (Å²) in [7, 11) is 0. The first-order chi connectivity index (χ1) is 13.0. The molecule has 0 spiro atoms. The summed E-state index contributed by atoms with van der Waals surface area (Å²) in [5.74, 6) is 0.191. The van der Waals surface area contributed by atoms with Crippen LogP contribution in [0, 0.1) is 0 Å². The van der Waals surface area contributed by atoms with Crippen LogP contribution in [0.15, 0.2) is 50.9 Å². The van der Waals surface area contributed by atoms with Gasteiger partial charge in [-0.15, -0.1) is 0 Å². The van der Waals surface area contributed by atoms with Gasteiger partial charge in [-0.1, -0.05) is 22.0 Å². The fourth-order valence-electron chi connectivity index (χ4n) is 3.18. The van der Waals surface area contributed by atoms with Crippen LogP contribution in [0.3, 0.4) is 0 Å². The molecular weight excluding hydrogens is 430 g/mol. The first-order valence-electron chi connectivity index (χ1n) is 8.55. The van der Waals surface area contributed by atoms with E-state index in [-0.39, 0.29) is 10.7 Å². The van der Waals surface area contributed by atoms with Crippen LogP contribution in [-0.2, 0) is 9.59 Å². The molecule has 6 nitrogen and oxygen atoms in total. The highest BCUT2D eigenvalue weighted by Crippen LogP contribution is 2.27. The molecule has 1 N–H and O–H groups in total. The Labute approximate surface area is 169 Å². The highest BCUT2D eigenvalue weighted by Gasteiger charge is 2.34. The normalized spacial score (nSPS) is 19.1. The quantitative estimate of drug-likeness (QED) is 0.445. The summed E-state index contributed by atoms with van der Waals surface area (Å²) in [4.78, 5) is 28.8. The Morgan fingerprint density at radius 2 is 1.93 bits per heavy atom. The molecule has 2 aliphatic heterocycles. The molecule has 1 aromatic carbocycles. The number of nitrogens with one attached hydrogen (secondary N) is 1. The van der Waals surface area contributed by atoms with E-state index in [9.17, 15) is 9.59 Å². The maximum atomic E-state index is 13.0. The number of amides is 2. The van der Waals surface area contributed by atoms with Gasteiger partial charge in [0.15, 0.2) is 11.0 Å². The second kappa shape index (κ2) is 7.28. The molecule has 0 atom stereocenters. The van der Waals surface area contributed by atoms with Crippen molar-refractivity contribution >= 4 is 62.7 Å². The number of halogens is 1. The maximum Gasteiger partial charge on any atom is 0.270 e. The number of carbonyl (C=O) groups excluding carboxylic acids is 2. The van der Waals surface area contributed by atoms with E-state index in [1.54, 1.807) is 24.3 Å². The van der Waals surface area contributed by atoms with E-state index < -0.39 is 11.8 Å². The number of rotatable bonds is 3.